The zero-order valence-corrected chi connectivity index (χ0v) is 11.5. The van der Waals surface area contributed by atoms with Crippen molar-refractivity contribution in [2.45, 2.75) is 31.4 Å². The molecule has 3 heterocycles. The Balaban J connectivity index is 1.88. The van der Waals surface area contributed by atoms with Gasteiger partial charge in [0.2, 0.25) is 0 Å². The third kappa shape index (κ3) is 2.14. The highest BCUT2D eigenvalue weighted by molar-refractivity contribution is 7.98. The normalized spacial score (nSPS) is 14.9. The van der Waals surface area contributed by atoms with Crippen LogP contribution in [0.15, 0.2) is 5.38 Å². The molecule has 0 fully saturated rings. The summed E-state index contributed by atoms with van der Waals surface area (Å²) in [6.07, 6.45) is 2.81. The molecule has 1 aliphatic heterocycles. The standard InChI is InChI=1S/C12H14N2O2S2/c15-11(16)3-1-2-8-6-18-12-13-9-4-5-17-7-10(9)14(8)12/h6H,1-5,7H2,(H,15,16). The molecule has 3 rings (SSSR count). The van der Waals surface area contributed by atoms with E-state index in [0.29, 0.717) is 6.42 Å². The van der Waals surface area contributed by atoms with Crippen LogP contribution >= 0.6 is 23.1 Å². The Hall–Kier alpha value is -1.01. The Morgan fingerprint density at radius 1 is 1.56 bits per heavy atom. The number of carboxylic acids is 1. The number of thiazole rings is 1. The molecule has 1 aliphatic rings. The number of thioether (sulfide) groups is 1. The fraction of sp³-hybridized carbons (Fsp3) is 0.500. The molecular formula is C12H14N2O2S2. The molecule has 0 atom stereocenters. The van der Waals surface area contributed by atoms with Gasteiger partial charge in [0.1, 0.15) is 0 Å². The van der Waals surface area contributed by atoms with Crippen molar-refractivity contribution in [2.75, 3.05) is 5.75 Å². The van der Waals surface area contributed by atoms with Crippen LogP contribution in [0.5, 0.6) is 0 Å². The van der Waals surface area contributed by atoms with E-state index in [1.165, 1.54) is 17.1 Å². The number of aliphatic carboxylic acids is 1. The van der Waals surface area contributed by atoms with Crippen molar-refractivity contribution in [3.8, 4) is 0 Å². The summed E-state index contributed by atoms with van der Waals surface area (Å²) in [6, 6.07) is 0. The first-order chi connectivity index (χ1) is 8.75. The lowest BCUT2D eigenvalue weighted by Gasteiger charge is -2.11. The molecule has 0 spiro atoms. The Morgan fingerprint density at radius 3 is 3.28 bits per heavy atom. The molecule has 0 amide bonds. The van der Waals surface area contributed by atoms with Crippen LogP contribution in [0.25, 0.3) is 4.96 Å². The summed E-state index contributed by atoms with van der Waals surface area (Å²) in [4.78, 5) is 16.3. The lowest BCUT2D eigenvalue weighted by atomic mass is 10.2. The van der Waals surface area contributed by atoms with Crippen LogP contribution in [0.2, 0.25) is 0 Å². The van der Waals surface area contributed by atoms with Gasteiger partial charge in [0.05, 0.1) is 11.4 Å². The molecule has 96 valence electrons. The minimum atomic E-state index is -0.718. The second-order valence-electron chi connectivity index (χ2n) is 4.40. The summed E-state index contributed by atoms with van der Waals surface area (Å²) >= 11 is 3.61. The van der Waals surface area contributed by atoms with Crippen LogP contribution < -0.4 is 0 Å². The maximum atomic E-state index is 10.6. The number of hydrogen-bond donors (Lipinski definition) is 1. The maximum absolute atomic E-state index is 10.6. The van der Waals surface area contributed by atoms with E-state index in [9.17, 15) is 4.79 Å². The Bertz CT molecular complexity index is 588. The molecule has 6 heteroatoms. The molecule has 0 unspecified atom stereocenters. The van der Waals surface area contributed by atoms with E-state index in [1.54, 1.807) is 11.3 Å². The molecule has 0 saturated carbocycles. The van der Waals surface area contributed by atoms with Gasteiger partial charge in [-0.25, -0.2) is 4.98 Å². The first-order valence-corrected chi connectivity index (χ1v) is 8.05. The van der Waals surface area contributed by atoms with Gasteiger partial charge in [-0.1, -0.05) is 0 Å². The van der Waals surface area contributed by atoms with E-state index in [2.05, 4.69) is 14.8 Å². The van der Waals surface area contributed by atoms with Gasteiger partial charge in [-0.2, -0.15) is 11.8 Å². The van der Waals surface area contributed by atoms with Gasteiger partial charge in [-0.15, -0.1) is 11.3 Å². The SMILES string of the molecule is O=C(O)CCCc1csc2nc3c(n12)CSCC3. The molecule has 2 aromatic rings. The molecule has 0 aromatic carbocycles. The fourth-order valence-electron chi connectivity index (χ4n) is 2.30. The van der Waals surface area contributed by atoms with Crippen molar-refractivity contribution in [1.82, 2.24) is 9.38 Å². The minimum Gasteiger partial charge on any atom is -0.481 e. The fourth-order valence-corrected chi connectivity index (χ4v) is 4.23. The number of fused-ring (bicyclic) bond motifs is 3. The van der Waals surface area contributed by atoms with Crippen LogP contribution in [-0.2, 0) is 23.4 Å². The zero-order valence-electron chi connectivity index (χ0n) is 9.89. The quantitative estimate of drug-likeness (QED) is 0.936. The summed E-state index contributed by atoms with van der Waals surface area (Å²) in [7, 11) is 0. The first kappa shape index (κ1) is 12.0. The predicted octanol–water partition coefficient (Wildman–Crippen LogP) is 2.59. The number of carboxylic acid groups (broad SMARTS) is 1. The van der Waals surface area contributed by atoms with Crippen molar-refractivity contribution in [3.05, 3.63) is 22.5 Å². The van der Waals surface area contributed by atoms with E-state index in [0.717, 1.165) is 29.3 Å². The van der Waals surface area contributed by atoms with Crippen molar-refractivity contribution in [2.24, 2.45) is 0 Å². The minimum absolute atomic E-state index is 0.239. The molecular weight excluding hydrogens is 268 g/mol. The smallest absolute Gasteiger partial charge is 0.303 e. The molecule has 2 aromatic heterocycles. The van der Waals surface area contributed by atoms with Gasteiger partial charge >= 0.3 is 5.97 Å². The van der Waals surface area contributed by atoms with E-state index < -0.39 is 5.97 Å². The first-order valence-electron chi connectivity index (χ1n) is 6.02. The van der Waals surface area contributed by atoms with E-state index >= 15 is 0 Å². The van der Waals surface area contributed by atoms with Crippen molar-refractivity contribution in [1.29, 1.82) is 0 Å². The van der Waals surface area contributed by atoms with Crippen molar-refractivity contribution >= 4 is 34.0 Å². The lowest BCUT2D eigenvalue weighted by molar-refractivity contribution is -0.137. The number of rotatable bonds is 4. The van der Waals surface area contributed by atoms with Crippen LogP contribution in [-0.4, -0.2) is 26.2 Å². The number of nitrogens with zero attached hydrogens (tertiary/aromatic N) is 2. The molecule has 0 saturated heterocycles. The van der Waals surface area contributed by atoms with Crippen LogP contribution in [0.4, 0.5) is 0 Å². The molecule has 18 heavy (non-hydrogen) atoms. The second-order valence-corrected chi connectivity index (χ2v) is 6.34. The number of carbonyl (C=O) groups is 1. The van der Waals surface area contributed by atoms with Gasteiger partial charge in [0, 0.05) is 29.7 Å². The second kappa shape index (κ2) is 4.93. The van der Waals surface area contributed by atoms with Crippen LogP contribution in [0.1, 0.15) is 29.9 Å². The zero-order chi connectivity index (χ0) is 12.5. The van der Waals surface area contributed by atoms with E-state index in [1.807, 2.05) is 11.8 Å². The maximum Gasteiger partial charge on any atom is 0.303 e. The number of aryl methyl sites for hydroxylation is 2. The largest absolute Gasteiger partial charge is 0.481 e. The van der Waals surface area contributed by atoms with Crippen molar-refractivity contribution < 1.29 is 9.90 Å². The van der Waals surface area contributed by atoms with Gasteiger partial charge < -0.3 is 5.11 Å². The number of imidazole rings is 1. The predicted molar refractivity (Wildman–Crippen MR) is 73.5 cm³/mol. The summed E-state index contributed by atoms with van der Waals surface area (Å²) < 4.78 is 2.24. The summed E-state index contributed by atoms with van der Waals surface area (Å²) in [5.41, 5.74) is 3.78. The molecule has 1 N–H and O–H groups in total. The molecule has 0 aliphatic carbocycles. The monoisotopic (exact) mass is 282 g/mol. The van der Waals surface area contributed by atoms with Gasteiger partial charge in [-0.05, 0) is 18.6 Å². The van der Waals surface area contributed by atoms with Gasteiger partial charge in [-0.3, -0.25) is 9.20 Å². The van der Waals surface area contributed by atoms with Crippen molar-refractivity contribution in [3.63, 3.8) is 0 Å². The Morgan fingerprint density at radius 2 is 2.44 bits per heavy atom. The molecule has 4 nitrogen and oxygen atoms in total. The summed E-state index contributed by atoms with van der Waals surface area (Å²) in [5, 5.41) is 10.8. The highest BCUT2D eigenvalue weighted by Crippen LogP contribution is 2.29. The van der Waals surface area contributed by atoms with Gasteiger partial charge in [0.15, 0.2) is 4.96 Å². The molecule has 0 radical (unpaired) electrons. The summed E-state index contributed by atoms with van der Waals surface area (Å²) in [6.45, 7) is 0. The number of aromatic nitrogens is 2. The van der Waals surface area contributed by atoms with Crippen LogP contribution in [0.3, 0.4) is 0 Å². The lowest BCUT2D eigenvalue weighted by Crippen LogP contribution is -2.05. The highest BCUT2D eigenvalue weighted by atomic mass is 32.2. The average molecular weight is 282 g/mol. The summed E-state index contributed by atoms with van der Waals surface area (Å²) in [5.74, 6) is 1.47. The van der Waals surface area contributed by atoms with Gasteiger partial charge in [0.25, 0.3) is 0 Å². The van der Waals surface area contributed by atoms with E-state index in [4.69, 9.17) is 5.11 Å². The molecule has 0 bridgehead atoms. The average Bonchev–Trinajstić information content (AvgIpc) is 2.88. The topological polar surface area (TPSA) is 54.6 Å². The Kier molecular flexibility index (Phi) is 3.30. The van der Waals surface area contributed by atoms with E-state index in [-0.39, 0.29) is 6.42 Å². The third-order valence-electron chi connectivity index (χ3n) is 3.16. The Labute approximate surface area is 113 Å². The third-order valence-corrected chi connectivity index (χ3v) is 5.00. The number of hydrogen-bond acceptors (Lipinski definition) is 4. The highest BCUT2D eigenvalue weighted by Gasteiger charge is 2.19. The van der Waals surface area contributed by atoms with Crippen LogP contribution in [0, 0.1) is 0 Å².